The minimum absolute atomic E-state index is 0.106. The fraction of sp³-hybridized carbons (Fsp3) is 0.750. The summed E-state index contributed by atoms with van der Waals surface area (Å²) in [4.78, 5) is 23.3. The first-order chi connectivity index (χ1) is 6.06. The van der Waals surface area contributed by atoms with Crippen molar-refractivity contribution in [1.82, 2.24) is 4.90 Å². The Kier molecular flexibility index (Phi) is 2.87. The number of hydrogen-bond donors (Lipinski definition) is 2. The van der Waals surface area contributed by atoms with Crippen molar-refractivity contribution >= 4 is 11.9 Å². The van der Waals surface area contributed by atoms with Crippen molar-refractivity contribution in [1.29, 1.82) is 0 Å². The van der Waals surface area contributed by atoms with Gasteiger partial charge in [0.2, 0.25) is 5.91 Å². The van der Waals surface area contributed by atoms with Crippen molar-refractivity contribution in [2.45, 2.75) is 19.4 Å². The molecule has 0 aromatic carbocycles. The van der Waals surface area contributed by atoms with Crippen molar-refractivity contribution in [3.05, 3.63) is 0 Å². The molecule has 3 N–H and O–H groups in total. The lowest BCUT2D eigenvalue weighted by molar-refractivity contribution is -0.147. The van der Waals surface area contributed by atoms with Crippen LogP contribution in [0.1, 0.15) is 13.3 Å². The summed E-state index contributed by atoms with van der Waals surface area (Å²) >= 11 is 0. The molecule has 13 heavy (non-hydrogen) atoms. The summed E-state index contributed by atoms with van der Waals surface area (Å²) in [5.74, 6) is -0.953. The maximum Gasteiger partial charge on any atom is 0.326 e. The molecule has 1 aliphatic rings. The molecule has 5 heteroatoms. The number of likely N-dealkylation sites (tertiary alicyclic amines) is 1. The number of carboxylic acids is 1. The molecule has 1 saturated heterocycles. The second kappa shape index (κ2) is 3.74. The first-order valence-corrected chi connectivity index (χ1v) is 4.28. The molecule has 0 aliphatic carbocycles. The number of nitrogens with two attached hydrogens (primary N) is 1. The van der Waals surface area contributed by atoms with Crippen LogP contribution >= 0.6 is 0 Å². The Morgan fingerprint density at radius 1 is 1.85 bits per heavy atom. The van der Waals surface area contributed by atoms with E-state index in [1.165, 1.54) is 11.8 Å². The largest absolute Gasteiger partial charge is 0.480 e. The molecular formula is C8H14N2O3. The molecule has 1 unspecified atom stereocenters. The normalized spacial score (nSPS) is 24.9. The number of nitrogens with zero attached hydrogens (tertiary/aromatic N) is 1. The van der Waals surface area contributed by atoms with Gasteiger partial charge >= 0.3 is 5.97 Å². The van der Waals surface area contributed by atoms with Crippen LogP contribution < -0.4 is 5.73 Å². The summed E-state index contributed by atoms with van der Waals surface area (Å²) in [7, 11) is 0. The average Bonchev–Trinajstić information content (AvgIpc) is 2.45. The third-order valence-electron chi connectivity index (χ3n) is 2.40. The van der Waals surface area contributed by atoms with Gasteiger partial charge in [-0.15, -0.1) is 0 Å². The van der Waals surface area contributed by atoms with E-state index >= 15 is 0 Å². The highest BCUT2D eigenvalue weighted by Gasteiger charge is 2.34. The minimum Gasteiger partial charge on any atom is -0.480 e. The fourth-order valence-electron chi connectivity index (χ4n) is 1.47. The highest BCUT2D eigenvalue weighted by molar-refractivity contribution is 5.85. The Morgan fingerprint density at radius 2 is 2.46 bits per heavy atom. The molecular weight excluding hydrogens is 172 g/mol. The monoisotopic (exact) mass is 186 g/mol. The fourth-order valence-corrected chi connectivity index (χ4v) is 1.47. The maximum atomic E-state index is 11.3. The standard InChI is InChI=1S/C8H14N2O3/c1-5(8(12)13)10-4-6(3-9)2-7(10)11/h5-6H,2-4,9H2,1H3,(H,12,13)/t5-,6?/m1/s1. The van der Waals surface area contributed by atoms with Crippen LogP contribution in [-0.4, -0.2) is 41.0 Å². The van der Waals surface area contributed by atoms with Gasteiger partial charge in [-0.3, -0.25) is 4.79 Å². The smallest absolute Gasteiger partial charge is 0.326 e. The molecule has 1 rings (SSSR count). The summed E-state index contributed by atoms with van der Waals surface area (Å²) < 4.78 is 0. The first kappa shape index (κ1) is 9.98. The lowest BCUT2D eigenvalue weighted by atomic mass is 10.1. The topological polar surface area (TPSA) is 83.6 Å². The highest BCUT2D eigenvalue weighted by atomic mass is 16.4. The van der Waals surface area contributed by atoms with Crippen LogP contribution in [0.25, 0.3) is 0 Å². The van der Waals surface area contributed by atoms with Crippen LogP contribution in [0.4, 0.5) is 0 Å². The van der Waals surface area contributed by atoms with Gasteiger partial charge in [0.05, 0.1) is 0 Å². The van der Waals surface area contributed by atoms with E-state index in [-0.39, 0.29) is 11.8 Å². The molecule has 2 atom stereocenters. The van der Waals surface area contributed by atoms with Crippen molar-refractivity contribution in [3.63, 3.8) is 0 Å². The highest BCUT2D eigenvalue weighted by Crippen LogP contribution is 2.18. The summed E-state index contributed by atoms with van der Waals surface area (Å²) in [5, 5.41) is 8.69. The van der Waals surface area contributed by atoms with Gasteiger partial charge in [-0.25, -0.2) is 4.79 Å². The third-order valence-corrected chi connectivity index (χ3v) is 2.40. The molecule has 1 heterocycles. The Balaban J connectivity index is 2.62. The number of carbonyl (C=O) groups is 2. The molecule has 1 aliphatic heterocycles. The number of carboxylic acid groups (broad SMARTS) is 1. The quantitative estimate of drug-likeness (QED) is 0.608. The number of rotatable bonds is 3. The van der Waals surface area contributed by atoms with E-state index in [1.807, 2.05) is 0 Å². The molecule has 0 aromatic heterocycles. The zero-order valence-electron chi connectivity index (χ0n) is 7.56. The molecule has 0 aromatic rings. The lowest BCUT2D eigenvalue weighted by Gasteiger charge is -2.20. The van der Waals surface area contributed by atoms with Crippen LogP contribution in [-0.2, 0) is 9.59 Å². The molecule has 0 saturated carbocycles. The van der Waals surface area contributed by atoms with Crippen LogP contribution in [0.5, 0.6) is 0 Å². The number of hydrogen-bond acceptors (Lipinski definition) is 3. The summed E-state index contributed by atoms with van der Waals surface area (Å²) in [5.41, 5.74) is 5.41. The molecule has 1 fully saturated rings. The van der Waals surface area contributed by atoms with Gasteiger partial charge in [0, 0.05) is 13.0 Å². The van der Waals surface area contributed by atoms with Gasteiger partial charge in [-0.05, 0) is 19.4 Å². The molecule has 0 radical (unpaired) electrons. The number of aliphatic carboxylic acids is 1. The van der Waals surface area contributed by atoms with E-state index in [0.717, 1.165) is 0 Å². The van der Waals surface area contributed by atoms with Gasteiger partial charge < -0.3 is 15.7 Å². The zero-order chi connectivity index (χ0) is 10.0. The predicted octanol–water partition coefficient (Wildman–Crippen LogP) is -0.733. The van der Waals surface area contributed by atoms with Crippen LogP contribution in [0.15, 0.2) is 0 Å². The zero-order valence-corrected chi connectivity index (χ0v) is 7.56. The van der Waals surface area contributed by atoms with Gasteiger partial charge in [0.25, 0.3) is 0 Å². The van der Waals surface area contributed by atoms with E-state index < -0.39 is 12.0 Å². The van der Waals surface area contributed by atoms with Crippen molar-refractivity contribution in [2.24, 2.45) is 11.7 Å². The van der Waals surface area contributed by atoms with Gasteiger partial charge in [0.1, 0.15) is 6.04 Å². The predicted molar refractivity (Wildman–Crippen MR) is 46.0 cm³/mol. The number of amides is 1. The Labute approximate surface area is 76.5 Å². The van der Waals surface area contributed by atoms with E-state index in [1.54, 1.807) is 0 Å². The SMILES string of the molecule is C[C@H](C(=O)O)N1CC(CN)CC1=O. The third kappa shape index (κ3) is 1.98. The van der Waals surface area contributed by atoms with Crippen LogP contribution in [0.3, 0.4) is 0 Å². The molecule has 74 valence electrons. The number of carbonyl (C=O) groups excluding carboxylic acids is 1. The van der Waals surface area contributed by atoms with Crippen LogP contribution in [0.2, 0.25) is 0 Å². The van der Waals surface area contributed by atoms with E-state index in [2.05, 4.69) is 0 Å². The Bertz CT molecular complexity index is 229. The van der Waals surface area contributed by atoms with Gasteiger partial charge in [-0.1, -0.05) is 0 Å². The van der Waals surface area contributed by atoms with Gasteiger partial charge in [0.15, 0.2) is 0 Å². The summed E-state index contributed by atoms with van der Waals surface area (Å²) in [6, 6.07) is -0.732. The minimum atomic E-state index is -0.967. The average molecular weight is 186 g/mol. The second-order valence-corrected chi connectivity index (χ2v) is 3.37. The van der Waals surface area contributed by atoms with Gasteiger partial charge in [-0.2, -0.15) is 0 Å². The van der Waals surface area contributed by atoms with Crippen LogP contribution in [0, 0.1) is 5.92 Å². The molecule has 0 bridgehead atoms. The summed E-state index contributed by atoms with van der Waals surface area (Å²) in [6.45, 7) is 2.43. The van der Waals surface area contributed by atoms with Crippen molar-refractivity contribution in [3.8, 4) is 0 Å². The van der Waals surface area contributed by atoms with E-state index in [9.17, 15) is 9.59 Å². The maximum absolute atomic E-state index is 11.3. The van der Waals surface area contributed by atoms with E-state index in [0.29, 0.717) is 19.5 Å². The first-order valence-electron chi connectivity index (χ1n) is 4.28. The molecule has 1 amide bonds. The molecule has 5 nitrogen and oxygen atoms in total. The van der Waals surface area contributed by atoms with Crippen molar-refractivity contribution in [2.75, 3.05) is 13.1 Å². The lowest BCUT2D eigenvalue weighted by Crippen LogP contribution is -2.40. The van der Waals surface area contributed by atoms with Crippen molar-refractivity contribution < 1.29 is 14.7 Å². The Morgan fingerprint density at radius 3 is 2.85 bits per heavy atom. The second-order valence-electron chi connectivity index (χ2n) is 3.37. The molecule has 0 spiro atoms. The summed E-state index contributed by atoms with van der Waals surface area (Å²) in [6.07, 6.45) is 0.383. The van der Waals surface area contributed by atoms with E-state index in [4.69, 9.17) is 10.8 Å². The Hall–Kier alpha value is -1.10.